The maximum absolute atomic E-state index is 13.5. The van der Waals surface area contributed by atoms with Crippen LogP contribution in [0.2, 0.25) is 0 Å². The summed E-state index contributed by atoms with van der Waals surface area (Å²) in [6, 6.07) is 7.78. The first-order chi connectivity index (χ1) is 9.29. The molecular weight excluding hydrogens is 331 g/mol. The van der Waals surface area contributed by atoms with E-state index in [0.29, 0.717) is 15.6 Å². The number of benzene rings is 2. The van der Waals surface area contributed by atoms with Crippen LogP contribution in [-0.4, -0.2) is 0 Å². The van der Waals surface area contributed by atoms with E-state index in [0.717, 1.165) is 6.07 Å². The maximum Gasteiger partial charge on any atom is 0.137 e. The summed E-state index contributed by atoms with van der Waals surface area (Å²) in [7, 11) is 0. The lowest BCUT2D eigenvalue weighted by molar-refractivity contribution is 0.476. The van der Waals surface area contributed by atoms with Crippen molar-refractivity contribution < 1.29 is 13.2 Å². The molecule has 2 aromatic carbocycles. The first-order valence-electron chi connectivity index (χ1n) is 5.98. The minimum atomic E-state index is -1.01. The van der Waals surface area contributed by atoms with Crippen molar-refractivity contribution in [3.63, 3.8) is 0 Å². The lowest BCUT2D eigenvalue weighted by Crippen LogP contribution is -2.36. The molecule has 0 aliphatic heterocycles. The van der Waals surface area contributed by atoms with Crippen LogP contribution in [0.3, 0.4) is 0 Å². The monoisotopic (exact) mass is 343 g/mol. The Balaban J connectivity index is 2.37. The van der Waals surface area contributed by atoms with E-state index in [1.807, 2.05) is 0 Å². The smallest absolute Gasteiger partial charge is 0.137 e. The predicted molar refractivity (Wildman–Crippen MR) is 75.7 cm³/mol. The van der Waals surface area contributed by atoms with Gasteiger partial charge in [0, 0.05) is 11.6 Å². The van der Waals surface area contributed by atoms with Crippen LogP contribution in [0.4, 0.5) is 13.2 Å². The molecule has 0 fully saturated rings. The van der Waals surface area contributed by atoms with Crippen molar-refractivity contribution >= 4 is 15.9 Å². The van der Waals surface area contributed by atoms with E-state index in [4.69, 9.17) is 5.73 Å². The Labute approximate surface area is 123 Å². The topological polar surface area (TPSA) is 26.0 Å². The Morgan fingerprint density at radius 1 is 1.10 bits per heavy atom. The summed E-state index contributed by atoms with van der Waals surface area (Å²) in [4.78, 5) is 0. The fourth-order valence-corrected chi connectivity index (χ4v) is 2.47. The van der Waals surface area contributed by atoms with Gasteiger partial charge < -0.3 is 5.73 Å². The summed E-state index contributed by atoms with van der Waals surface area (Å²) >= 11 is 3.16. The molecule has 0 amide bonds. The lowest BCUT2D eigenvalue weighted by Gasteiger charge is -2.26. The van der Waals surface area contributed by atoms with Crippen LogP contribution < -0.4 is 5.73 Å². The molecule has 1 atom stereocenters. The van der Waals surface area contributed by atoms with Crippen molar-refractivity contribution in [2.75, 3.05) is 0 Å². The minimum absolute atomic E-state index is 0.244. The molecule has 2 N–H and O–H groups in total. The summed E-state index contributed by atoms with van der Waals surface area (Å²) < 4.78 is 40.3. The second kappa shape index (κ2) is 5.58. The van der Waals surface area contributed by atoms with Gasteiger partial charge in [-0.15, -0.1) is 0 Å². The molecule has 106 valence electrons. The van der Waals surface area contributed by atoms with Crippen LogP contribution in [0.25, 0.3) is 0 Å². The molecule has 0 spiro atoms. The normalized spacial score (nSPS) is 14.1. The zero-order chi connectivity index (χ0) is 14.9. The van der Waals surface area contributed by atoms with Crippen LogP contribution in [0.5, 0.6) is 0 Å². The molecule has 0 radical (unpaired) electrons. The van der Waals surface area contributed by atoms with E-state index < -0.39 is 23.0 Å². The van der Waals surface area contributed by atoms with Gasteiger partial charge in [-0.1, -0.05) is 12.1 Å². The largest absolute Gasteiger partial charge is 0.321 e. The van der Waals surface area contributed by atoms with Gasteiger partial charge in [-0.05, 0) is 58.6 Å². The van der Waals surface area contributed by atoms with E-state index in [9.17, 15) is 13.2 Å². The molecule has 0 aliphatic rings. The Kier molecular flexibility index (Phi) is 4.20. The molecule has 2 aromatic rings. The number of rotatable bonds is 3. The standard InChI is InChI=1S/C15H13BrF3N/c1-15(20,10-5-11(17)7-12(18)6-10)8-9-3-2-4-13(19)14(9)16/h2-7H,8,20H2,1H3. The summed E-state index contributed by atoms with van der Waals surface area (Å²) in [6.07, 6.45) is 0.244. The van der Waals surface area contributed by atoms with Crippen LogP contribution in [0.15, 0.2) is 40.9 Å². The minimum Gasteiger partial charge on any atom is -0.321 e. The first kappa shape index (κ1) is 15.1. The molecular formula is C15H13BrF3N. The molecule has 0 saturated heterocycles. The van der Waals surface area contributed by atoms with Gasteiger partial charge in [-0.3, -0.25) is 0 Å². The van der Waals surface area contributed by atoms with Crippen molar-refractivity contribution in [3.8, 4) is 0 Å². The fraction of sp³-hybridized carbons (Fsp3) is 0.200. The molecule has 0 aromatic heterocycles. The lowest BCUT2D eigenvalue weighted by atomic mass is 9.86. The first-order valence-corrected chi connectivity index (χ1v) is 6.77. The zero-order valence-corrected chi connectivity index (χ0v) is 12.3. The third-order valence-electron chi connectivity index (χ3n) is 3.11. The molecule has 0 bridgehead atoms. The van der Waals surface area contributed by atoms with E-state index >= 15 is 0 Å². The molecule has 1 nitrogen and oxygen atoms in total. The number of hydrogen-bond acceptors (Lipinski definition) is 1. The highest BCUT2D eigenvalue weighted by atomic mass is 79.9. The van der Waals surface area contributed by atoms with Crippen LogP contribution in [-0.2, 0) is 12.0 Å². The molecule has 5 heteroatoms. The highest BCUT2D eigenvalue weighted by Crippen LogP contribution is 2.29. The number of nitrogens with two attached hydrogens (primary N) is 1. The molecule has 2 rings (SSSR count). The van der Waals surface area contributed by atoms with E-state index in [1.54, 1.807) is 19.1 Å². The van der Waals surface area contributed by atoms with E-state index in [1.165, 1.54) is 18.2 Å². The fourth-order valence-electron chi connectivity index (χ4n) is 2.07. The van der Waals surface area contributed by atoms with Gasteiger partial charge in [-0.25, -0.2) is 13.2 Å². The molecule has 0 heterocycles. The summed E-state index contributed by atoms with van der Waals surface area (Å²) in [5.74, 6) is -1.77. The average Bonchev–Trinajstić information content (AvgIpc) is 2.33. The van der Waals surface area contributed by atoms with Crippen LogP contribution in [0, 0.1) is 17.5 Å². The molecule has 0 aliphatic carbocycles. The SMILES string of the molecule is CC(N)(Cc1cccc(F)c1Br)c1cc(F)cc(F)c1. The highest BCUT2D eigenvalue weighted by Gasteiger charge is 2.24. The van der Waals surface area contributed by atoms with E-state index in [-0.39, 0.29) is 6.42 Å². The van der Waals surface area contributed by atoms with Crippen molar-refractivity contribution in [1.29, 1.82) is 0 Å². The summed E-state index contributed by atoms with van der Waals surface area (Å²) in [5, 5.41) is 0. The van der Waals surface area contributed by atoms with Crippen molar-refractivity contribution in [2.45, 2.75) is 18.9 Å². The average molecular weight is 344 g/mol. The van der Waals surface area contributed by atoms with Crippen LogP contribution in [0.1, 0.15) is 18.1 Å². The Bertz CT molecular complexity index is 621. The third kappa shape index (κ3) is 3.22. The zero-order valence-electron chi connectivity index (χ0n) is 10.8. The van der Waals surface area contributed by atoms with E-state index in [2.05, 4.69) is 15.9 Å². The van der Waals surface area contributed by atoms with Crippen LogP contribution >= 0.6 is 15.9 Å². The van der Waals surface area contributed by atoms with Gasteiger partial charge >= 0.3 is 0 Å². The second-order valence-electron chi connectivity index (χ2n) is 4.97. The maximum atomic E-state index is 13.5. The third-order valence-corrected chi connectivity index (χ3v) is 4.00. The van der Waals surface area contributed by atoms with Gasteiger partial charge in [0.05, 0.1) is 4.47 Å². The Morgan fingerprint density at radius 2 is 1.70 bits per heavy atom. The molecule has 1 unspecified atom stereocenters. The van der Waals surface area contributed by atoms with Gasteiger partial charge in [0.25, 0.3) is 0 Å². The summed E-state index contributed by atoms with van der Waals surface area (Å²) in [6.45, 7) is 1.65. The predicted octanol–water partition coefficient (Wildman–Crippen LogP) is 4.28. The van der Waals surface area contributed by atoms with Crippen molar-refractivity contribution in [2.24, 2.45) is 5.73 Å². The molecule has 20 heavy (non-hydrogen) atoms. The number of hydrogen-bond donors (Lipinski definition) is 1. The van der Waals surface area contributed by atoms with Crippen molar-refractivity contribution in [1.82, 2.24) is 0 Å². The number of halogens is 4. The quantitative estimate of drug-likeness (QED) is 0.884. The Morgan fingerprint density at radius 3 is 2.30 bits per heavy atom. The summed E-state index contributed by atoms with van der Waals surface area (Å²) in [5.41, 5.74) is 6.10. The molecule has 0 saturated carbocycles. The second-order valence-corrected chi connectivity index (χ2v) is 5.76. The van der Waals surface area contributed by atoms with Gasteiger partial charge in [0.15, 0.2) is 0 Å². The van der Waals surface area contributed by atoms with Gasteiger partial charge in [0.1, 0.15) is 17.5 Å². The Hall–Kier alpha value is -1.33. The van der Waals surface area contributed by atoms with Gasteiger partial charge in [-0.2, -0.15) is 0 Å². The van der Waals surface area contributed by atoms with Gasteiger partial charge in [0.2, 0.25) is 0 Å². The van der Waals surface area contributed by atoms with Crippen molar-refractivity contribution in [3.05, 3.63) is 69.4 Å². The highest BCUT2D eigenvalue weighted by molar-refractivity contribution is 9.10.